The van der Waals surface area contributed by atoms with E-state index in [1.165, 1.54) is 16.2 Å². The van der Waals surface area contributed by atoms with Crippen molar-refractivity contribution in [1.29, 1.82) is 0 Å². The van der Waals surface area contributed by atoms with Crippen LogP contribution in [0.15, 0.2) is 6.07 Å². The second-order valence-corrected chi connectivity index (χ2v) is 5.41. The fourth-order valence-corrected chi connectivity index (χ4v) is 2.55. The molecular weight excluding hydrogens is 264 g/mol. The van der Waals surface area contributed by atoms with Gasteiger partial charge in [-0.2, -0.15) is 0 Å². The maximum Gasteiger partial charge on any atom is 0.325 e. The summed E-state index contributed by atoms with van der Waals surface area (Å²) in [5.41, 5.74) is 6.36. The lowest BCUT2D eigenvalue weighted by molar-refractivity contribution is -0.143. The van der Waals surface area contributed by atoms with Crippen LogP contribution in [-0.4, -0.2) is 36.5 Å². The normalized spacial score (nSPS) is 10.3. The summed E-state index contributed by atoms with van der Waals surface area (Å²) in [4.78, 5) is 26.8. The Morgan fingerprint density at radius 2 is 2.11 bits per heavy atom. The minimum atomic E-state index is -0.384. The highest BCUT2D eigenvalue weighted by Crippen LogP contribution is 2.24. The summed E-state index contributed by atoms with van der Waals surface area (Å²) >= 11 is 1.35. The minimum absolute atomic E-state index is 0.0165. The smallest absolute Gasteiger partial charge is 0.325 e. The summed E-state index contributed by atoms with van der Waals surface area (Å²) in [6.45, 7) is 6.39. The average molecular weight is 284 g/mol. The van der Waals surface area contributed by atoms with Gasteiger partial charge in [-0.15, -0.1) is 11.3 Å². The lowest BCUT2D eigenvalue weighted by Crippen LogP contribution is -2.36. The number of amides is 1. The quantitative estimate of drug-likeness (QED) is 0.811. The van der Waals surface area contributed by atoms with Crippen molar-refractivity contribution in [1.82, 2.24) is 4.90 Å². The number of rotatable bonds is 6. The molecule has 1 aromatic rings. The molecule has 5 nitrogen and oxygen atoms in total. The van der Waals surface area contributed by atoms with Crippen LogP contribution in [0.5, 0.6) is 0 Å². The Balaban J connectivity index is 2.80. The standard InChI is InChI=1S/C13H20N2O3S/c1-4-6-15(8-12(16)18-5-2)13(17)11-7-10(14)9(3)19-11/h7H,4-6,8,14H2,1-3H3. The predicted molar refractivity (Wildman–Crippen MR) is 76.3 cm³/mol. The Kier molecular flexibility index (Phi) is 5.82. The molecule has 0 bridgehead atoms. The van der Waals surface area contributed by atoms with E-state index in [4.69, 9.17) is 10.5 Å². The van der Waals surface area contributed by atoms with E-state index < -0.39 is 0 Å². The van der Waals surface area contributed by atoms with E-state index in [2.05, 4.69) is 0 Å². The van der Waals surface area contributed by atoms with Crippen molar-refractivity contribution in [3.63, 3.8) is 0 Å². The zero-order valence-corrected chi connectivity index (χ0v) is 12.4. The van der Waals surface area contributed by atoms with Gasteiger partial charge in [0.2, 0.25) is 0 Å². The highest BCUT2D eigenvalue weighted by molar-refractivity contribution is 7.14. The number of thiophene rings is 1. The highest BCUT2D eigenvalue weighted by atomic mass is 32.1. The van der Waals surface area contributed by atoms with Gasteiger partial charge in [-0.05, 0) is 26.3 Å². The van der Waals surface area contributed by atoms with Crippen LogP contribution in [0.4, 0.5) is 5.69 Å². The van der Waals surface area contributed by atoms with Gasteiger partial charge in [-0.1, -0.05) is 6.92 Å². The minimum Gasteiger partial charge on any atom is -0.465 e. The zero-order valence-electron chi connectivity index (χ0n) is 11.6. The molecule has 6 heteroatoms. The van der Waals surface area contributed by atoms with E-state index in [-0.39, 0.29) is 18.4 Å². The van der Waals surface area contributed by atoms with E-state index in [0.29, 0.717) is 23.7 Å². The molecule has 0 aromatic carbocycles. The summed E-state index contributed by atoms with van der Waals surface area (Å²) in [7, 11) is 0. The van der Waals surface area contributed by atoms with Crippen LogP contribution >= 0.6 is 11.3 Å². The van der Waals surface area contributed by atoms with Gasteiger partial charge in [0.15, 0.2) is 0 Å². The predicted octanol–water partition coefficient (Wildman–Crippen LogP) is 2.05. The van der Waals surface area contributed by atoms with Crippen LogP contribution in [-0.2, 0) is 9.53 Å². The maximum atomic E-state index is 12.3. The molecule has 0 aliphatic rings. The van der Waals surface area contributed by atoms with E-state index in [0.717, 1.165) is 11.3 Å². The number of hydrogen-bond donors (Lipinski definition) is 1. The van der Waals surface area contributed by atoms with E-state index >= 15 is 0 Å². The molecule has 0 atom stereocenters. The number of carbonyl (C=O) groups excluding carboxylic acids is 2. The molecule has 0 aliphatic carbocycles. The molecular formula is C13H20N2O3S. The lowest BCUT2D eigenvalue weighted by Gasteiger charge is -2.20. The third kappa shape index (κ3) is 4.24. The Labute approximate surface area is 117 Å². The van der Waals surface area contributed by atoms with Crippen LogP contribution in [0.3, 0.4) is 0 Å². The van der Waals surface area contributed by atoms with Crippen LogP contribution in [0.25, 0.3) is 0 Å². The van der Waals surface area contributed by atoms with Gasteiger partial charge in [-0.3, -0.25) is 9.59 Å². The number of aryl methyl sites for hydroxylation is 1. The highest BCUT2D eigenvalue weighted by Gasteiger charge is 2.20. The molecule has 1 rings (SSSR count). The van der Waals surface area contributed by atoms with Gasteiger partial charge >= 0.3 is 5.97 Å². The third-order valence-electron chi connectivity index (χ3n) is 2.57. The van der Waals surface area contributed by atoms with Crippen molar-refractivity contribution >= 4 is 28.9 Å². The summed E-state index contributed by atoms with van der Waals surface area (Å²) in [6.07, 6.45) is 0.783. The molecule has 0 fully saturated rings. The van der Waals surface area contributed by atoms with Crippen LogP contribution in [0, 0.1) is 6.92 Å². The SMILES string of the molecule is CCCN(CC(=O)OCC)C(=O)c1cc(N)c(C)s1. The van der Waals surface area contributed by atoms with Gasteiger partial charge in [0.25, 0.3) is 5.91 Å². The molecule has 106 valence electrons. The fraction of sp³-hybridized carbons (Fsp3) is 0.538. The Morgan fingerprint density at radius 3 is 2.58 bits per heavy atom. The van der Waals surface area contributed by atoms with Crippen LogP contribution in [0.2, 0.25) is 0 Å². The molecule has 0 saturated carbocycles. The van der Waals surface area contributed by atoms with E-state index in [1.807, 2.05) is 13.8 Å². The number of nitrogen functional groups attached to an aromatic ring is 1. The number of hydrogen-bond acceptors (Lipinski definition) is 5. The number of nitrogens with zero attached hydrogens (tertiary/aromatic N) is 1. The van der Waals surface area contributed by atoms with Crippen molar-refractivity contribution in [3.8, 4) is 0 Å². The summed E-state index contributed by atoms with van der Waals surface area (Å²) in [5, 5.41) is 0. The van der Waals surface area contributed by atoms with Crippen molar-refractivity contribution in [2.75, 3.05) is 25.4 Å². The Morgan fingerprint density at radius 1 is 1.42 bits per heavy atom. The second kappa shape index (κ2) is 7.13. The lowest BCUT2D eigenvalue weighted by atomic mass is 10.3. The van der Waals surface area contributed by atoms with Crippen molar-refractivity contribution < 1.29 is 14.3 Å². The first-order chi connectivity index (χ1) is 8.99. The number of anilines is 1. The molecule has 0 aliphatic heterocycles. The number of nitrogens with two attached hydrogens (primary N) is 1. The zero-order chi connectivity index (χ0) is 14.4. The molecule has 1 aromatic heterocycles. The topological polar surface area (TPSA) is 72.6 Å². The van der Waals surface area contributed by atoms with Gasteiger partial charge in [0.05, 0.1) is 11.5 Å². The summed E-state index contributed by atoms with van der Waals surface area (Å²) < 4.78 is 4.88. The number of carbonyl (C=O) groups is 2. The monoisotopic (exact) mass is 284 g/mol. The Hall–Kier alpha value is -1.56. The molecule has 0 saturated heterocycles. The maximum absolute atomic E-state index is 12.3. The molecule has 1 heterocycles. The van der Waals surface area contributed by atoms with Crippen molar-refractivity contribution in [2.24, 2.45) is 0 Å². The first kappa shape index (κ1) is 15.5. The van der Waals surface area contributed by atoms with Crippen molar-refractivity contribution in [3.05, 3.63) is 15.8 Å². The number of ether oxygens (including phenoxy) is 1. The Bertz CT molecular complexity index is 437. The summed E-state index contributed by atoms with van der Waals surface area (Å²) in [5.74, 6) is -0.551. The molecule has 1 amide bonds. The molecule has 0 unspecified atom stereocenters. The van der Waals surface area contributed by atoms with Gasteiger partial charge in [-0.25, -0.2) is 0 Å². The molecule has 19 heavy (non-hydrogen) atoms. The molecule has 0 spiro atoms. The van der Waals surface area contributed by atoms with Crippen molar-refractivity contribution in [2.45, 2.75) is 27.2 Å². The molecule has 2 N–H and O–H groups in total. The first-order valence-corrected chi connectivity index (χ1v) is 7.12. The largest absolute Gasteiger partial charge is 0.465 e. The van der Waals surface area contributed by atoms with Crippen LogP contribution in [0.1, 0.15) is 34.8 Å². The van der Waals surface area contributed by atoms with Gasteiger partial charge in [0.1, 0.15) is 6.54 Å². The first-order valence-electron chi connectivity index (χ1n) is 6.30. The molecule has 0 radical (unpaired) electrons. The van der Waals surface area contributed by atoms with Gasteiger partial charge in [0, 0.05) is 17.1 Å². The van der Waals surface area contributed by atoms with Crippen LogP contribution < -0.4 is 5.73 Å². The van der Waals surface area contributed by atoms with E-state index in [1.54, 1.807) is 13.0 Å². The average Bonchev–Trinajstić information content (AvgIpc) is 2.68. The van der Waals surface area contributed by atoms with Gasteiger partial charge < -0.3 is 15.4 Å². The number of esters is 1. The fourth-order valence-electron chi connectivity index (χ4n) is 1.64. The second-order valence-electron chi connectivity index (χ2n) is 4.15. The third-order valence-corrected chi connectivity index (χ3v) is 3.63. The van der Waals surface area contributed by atoms with E-state index in [9.17, 15) is 9.59 Å². The summed E-state index contributed by atoms with van der Waals surface area (Å²) in [6, 6.07) is 1.66.